The summed E-state index contributed by atoms with van der Waals surface area (Å²) in [5.74, 6) is -0.720. The van der Waals surface area contributed by atoms with E-state index in [0.717, 1.165) is 11.6 Å². The van der Waals surface area contributed by atoms with Crippen molar-refractivity contribution in [1.29, 1.82) is 0 Å². The molecule has 29 heavy (non-hydrogen) atoms. The fraction of sp³-hybridized carbons (Fsp3) is 0.368. The third kappa shape index (κ3) is 5.13. The van der Waals surface area contributed by atoms with Crippen LogP contribution in [0.1, 0.15) is 16.8 Å². The number of benzene rings is 1. The highest BCUT2D eigenvalue weighted by molar-refractivity contribution is 7.82. The first-order chi connectivity index (χ1) is 13.6. The van der Waals surface area contributed by atoms with Crippen molar-refractivity contribution in [2.24, 2.45) is 0 Å². The van der Waals surface area contributed by atoms with E-state index in [1.165, 1.54) is 12.1 Å². The molecule has 1 atom stereocenters. The summed E-state index contributed by atoms with van der Waals surface area (Å²) in [6, 6.07) is 8.87. The minimum Gasteiger partial charge on any atom is -0.481 e. The van der Waals surface area contributed by atoms with E-state index < -0.39 is 28.8 Å². The summed E-state index contributed by atoms with van der Waals surface area (Å²) in [6.07, 6.45) is -4.65. The van der Waals surface area contributed by atoms with Crippen LogP contribution in [0.15, 0.2) is 41.3 Å². The number of piperazine rings is 1. The fourth-order valence-electron chi connectivity index (χ4n) is 3.10. The number of alkyl halides is 3. The Labute approximate surface area is 168 Å². The lowest BCUT2D eigenvalue weighted by molar-refractivity contribution is -0.141. The van der Waals surface area contributed by atoms with E-state index in [1.54, 1.807) is 34.3 Å². The highest BCUT2D eigenvalue weighted by Gasteiger charge is 2.33. The van der Waals surface area contributed by atoms with Crippen LogP contribution in [-0.4, -0.2) is 50.8 Å². The molecule has 1 N–H and O–H groups in total. The number of carboxylic acids is 1. The van der Waals surface area contributed by atoms with Crippen LogP contribution in [0.3, 0.4) is 0 Å². The molecule has 0 aliphatic carbocycles. The lowest BCUT2D eigenvalue weighted by Crippen LogP contribution is -2.47. The average molecular weight is 427 g/mol. The van der Waals surface area contributed by atoms with Crippen molar-refractivity contribution in [2.45, 2.75) is 24.4 Å². The van der Waals surface area contributed by atoms with Crippen LogP contribution < -0.4 is 4.90 Å². The van der Waals surface area contributed by atoms with Crippen molar-refractivity contribution in [2.75, 3.05) is 31.1 Å². The van der Waals surface area contributed by atoms with Gasteiger partial charge in [-0.15, -0.1) is 0 Å². The summed E-state index contributed by atoms with van der Waals surface area (Å²) < 4.78 is 53.2. The van der Waals surface area contributed by atoms with Gasteiger partial charge in [0.25, 0.3) is 0 Å². The molecule has 1 fully saturated rings. The van der Waals surface area contributed by atoms with Gasteiger partial charge in [-0.3, -0.25) is 4.79 Å². The first kappa shape index (κ1) is 21.3. The first-order valence-electron chi connectivity index (χ1n) is 8.92. The molecule has 6 nitrogen and oxygen atoms in total. The van der Waals surface area contributed by atoms with E-state index in [4.69, 9.17) is 5.11 Å². The van der Waals surface area contributed by atoms with Crippen molar-refractivity contribution in [1.82, 2.24) is 9.29 Å². The third-order valence-corrected chi connectivity index (χ3v) is 6.18. The van der Waals surface area contributed by atoms with Gasteiger partial charge in [0.05, 0.1) is 11.3 Å². The number of halogens is 3. The minimum atomic E-state index is -4.50. The molecular formula is C19H20F3N3O3S. The molecule has 0 radical (unpaired) electrons. The Bertz CT molecular complexity index is 928. The zero-order valence-electron chi connectivity index (χ0n) is 15.6. The van der Waals surface area contributed by atoms with Gasteiger partial charge in [-0.25, -0.2) is 13.5 Å². The molecule has 1 aliphatic heterocycles. The number of pyridine rings is 1. The van der Waals surface area contributed by atoms with Crippen LogP contribution in [0.5, 0.6) is 0 Å². The molecule has 1 aromatic heterocycles. The number of carbonyl (C=O) groups is 1. The average Bonchev–Trinajstić information content (AvgIpc) is 2.68. The van der Waals surface area contributed by atoms with Crippen LogP contribution in [0.25, 0.3) is 0 Å². The zero-order valence-corrected chi connectivity index (χ0v) is 16.5. The molecule has 10 heteroatoms. The Morgan fingerprint density at radius 3 is 2.48 bits per heavy atom. The summed E-state index contributed by atoms with van der Waals surface area (Å²) in [5.41, 5.74) is 0.482. The zero-order chi connectivity index (χ0) is 21.2. The highest BCUT2D eigenvalue weighted by atomic mass is 32.2. The summed E-state index contributed by atoms with van der Waals surface area (Å²) >= 11 is 0. The molecule has 1 unspecified atom stereocenters. The van der Waals surface area contributed by atoms with Gasteiger partial charge in [0.2, 0.25) is 0 Å². The van der Waals surface area contributed by atoms with E-state index >= 15 is 0 Å². The van der Waals surface area contributed by atoms with Crippen molar-refractivity contribution in [3.63, 3.8) is 0 Å². The Morgan fingerprint density at radius 1 is 1.17 bits per heavy atom. The number of hydrogen-bond donors (Lipinski definition) is 1. The Kier molecular flexibility index (Phi) is 6.23. The van der Waals surface area contributed by atoms with E-state index in [9.17, 15) is 22.2 Å². The Balaban J connectivity index is 1.68. The molecule has 1 saturated heterocycles. The number of hydrogen-bond acceptors (Lipinski definition) is 4. The Morgan fingerprint density at radius 2 is 1.86 bits per heavy atom. The van der Waals surface area contributed by atoms with Gasteiger partial charge >= 0.3 is 12.1 Å². The topological polar surface area (TPSA) is 73.7 Å². The van der Waals surface area contributed by atoms with Crippen LogP contribution in [0.4, 0.5) is 19.0 Å². The maximum atomic E-state index is 12.9. The van der Waals surface area contributed by atoms with Crippen molar-refractivity contribution in [3.05, 3.63) is 53.2 Å². The molecule has 2 heterocycles. The summed E-state index contributed by atoms with van der Waals surface area (Å²) in [6.45, 7) is 3.33. The van der Waals surface area contributed by atoms with Crippen LogP contribution in [-0.2, 0) is 28.4 Å². The molecule has 0 amide bonds. The van der Waals surface area contributed by atoms with E-state index in [-0.39, 0.29) is 12.2 Å². The van der Waals surface area contributed by atoms with Gasteiger partial charge in [0.1, 0.15) is 22.5 Å². The van der Waals surface area contributed by atoms with E-state index in [1.807, 2.05) is 0 Å². The van der Waals surface area contributed by atoms with Crippen molar-refractivity contribution >= 4 is 22.8 Å². The summed E-state index contributed by atoms with van der Waals surface area (Å²) in [4.78, 5) is 16.9. The van der Waals surface area contributed by atoms with Gasteiger partial charge in [-0.1, -0.05) is 12.1 Å². The molecular weight excluding hydrogens is 407 g/mol. The van der Waals surface area contributed by atoms with Crippen molar-refractivity contribution < 1.29 is 27.3 Å². The fourth-order valence-corrected chi connectivity index (χ4v) is 4.32. The number of aryl methyl sites for hydroxylation is 1. The minimum absolute atomic E-state index is 0.147. The molecule has 1 aromatic carbocycles. The van der Waals surface area contributed by atoms with Gasteiger partial charge in [-0.2, -0.15) is 13.2 Å². The molecule has 2 aromatic rings. The maximum absolute atomic E-state index is 12.9. The lowest BCUT2D eigenvalue weighted by Gasteiger charge is -2.34. The smallest absolute Gasteiger partial charge is 0.433 e. The van der Waals surface area contributed by atoms with E-state index in [0.29, 0.717) is 36.6 Å². The standard InChI is InChI=1S/C19H20F3N3O3S/c1-13-5-6-15(11-14(13)12-18(26)27)29(28)25-9-7-24(8-10-25)17-4-2-3-16(23-17)19(20,21)22/h2-6,11H,7-10,12H2,1H3,(H,26,27). The second-order valence-corrected chi connectivity index (χ2v) is 8.19. The number of aliphatic carboxylic acids is 1. The lowest BCUT2D eigenvalue weighted by atomic mass is 10.1. The number of rotatable bonds is 5. The van der Waals surface area contributed by atoms with Crippen LogP contribution in [0.2, 0.25) is 0 Å². The third-order valence-electron chi connectivity index (χ3n) is 4.69. The summed E-state index contributed by atoms with van der Waals surface area (Å²) in [5, 5.41) is 9.01. The number of aromatic nitrogens is 1. The SMILES string of the molecule is Cc1ccc(S(=O)N2CCN(c3cccc(C(F)(F)F)n3)CC2)cc1CC(=O)O. The van der Waals surface area contributed by atoms with Gasteiger partial charge in [0, 0.05) is 26.2 Å². The molecule has 0 saturated carbocycles. The predicted octanol–water partition coefficient (Wildman–Crippen LogP) is 2.88. The first-order valence-corrected chi connectivity index (χ1v) is 10.0. The largest absolute Gasteiger partial charge is 0.481 e. The highest BCUT2D eigenvalue weighted by Crippen LogP contribution is 2.29. The van der Waals surface area contributed by atoms with Gasteiger partial charge in [-0.05, 0) is 42.3 Å². The van der Waals surface area contributed by atoms with Crippen LogP contribution in [0, 0.1) is 6.92 Å². The van der Waals surface area contributed by atoms with Gasteiger partial charge < -0.3 is 10.0 Å². The number of carboxylic acid groups (broad SMARTS) is 1. The number of anilines is 1. The van der Waals surface area contributed by atoms with Crippen LogP contribution >= 0.6 is 0 Å². The molecule has 0 spiro atoms. The molecule has 156 valence electrons. The molecule has 3 rings (SSSR count). The number of nitrogens with zero attached hydrogens (tertiary/aromatic N) is 3. The predicted molar refractivity (Wildman–Crippen MR) is 102 cm³/mol. The van der Waals surface area contributed by atoms with Crippen molar-refractivity contribution in [3.8, 4) is 0 Å². The second-order valence-electron chi connectivity index (χ2n) is 6.70. The monoisotopic (exact) mass is 427 g/mol. The van der Waals surface area contributed by atoms with Gasteiger partial charge in [0.15, 0.2) is 0 Å². The molecule has 1 aliphatic rings. The molecule has 0 bridgehead atoms. The maximum Gasteiger partial charge on any atom is 0.433 e. The Hall–Kier alpha value is -2.46. The normalized spacial score (nSPS) is 16.6. The summed E-state index contributed by atoms with van der Waals surface area (Å²) in [7, 11) is -1.48. The van der Waals surface area contributed by atoms with E-state index in [2.05, 4.69) is 4.98 Å². The second kappa shape index (κ2) is 8.50. The quantitative estimate of drug-likeness (QED) is 0.795.